The van der Waals surface area contributed by atoms with E-state index < -0.39 is 0 Å². The van der Waals surface area contributed by atoms with Crippen LogP contribution in [-0.2, 0) is 0 Å². The molecule has 0 N–H and O–H groups in total. The van der Waals surface area contributed by atoms with Gasteiger partial charge in [-0.15, -0.1) is 0 Å². The number of nitriles is 4. The number of aromatic nitrogens is 5. The average molecular weight is 790 g/mol. The normalized spacial score (nSPS) is 10.8. The summed E-state index contributed by atoms with van der Waals surface area (Å²) in [5, 5.41) is 43.9. The van der Waals surface area contributed by atoms with E-state index in [1.807, 2.05) is 75.9 Å². The molecule has 282 valence electrons. The first-order valence-corrected chi connectivity index (χ1v) is 19.1. The molecule has 11 nitrogen and oxygen atoms in total. The van der Waals surface area contributed by atoms with Gasteiger partial charge in [0, 0.05) is 49.3 Å². The van der Waals surface area contributed by atoms with Crippen LogP contribution in [0.5, 0.6) is 0 Å². The van der Waals surface area contributed by atoms with Gasteiger partial charge in [0.2, 0.25) is 0 Å². The highest BCUT2D eigenvalue weighted by atomic mass is 15.1. The van der Waals surface area contributed by atoms with Crippen LogP contribution < -0.4 is 0 Å². The number of nitrogens with zero attached hydrogens (tertiary/aromatic N) is 11. The lowest BCUT2D eigenvalue weighted by Gasteiger charge is -2.17. The molecule has 11 heteroatoms. The van der Waals surface area contributed by atoms with E-state index >= 15 is 0 Å². The zero-order valence-corrected chi connectivity index (χ0v) is 32.2. The highest BCUT2D eigenvalue weighted by molar-refractivity contribution is 6.12. The number of rotatable bonds is 5. The Balaban J connectivity index is 1.32. The monoisotopic (exact) mass is 789 g/mol. The zero-order valence-electron chi connectivity index (χ0n) is 32.2. The molecule has 0 unspecified atom stereocenters. The summed E-state index contributed by atoms with van der Waals surface area (Å²) in [6.07, 6.45) is 0. The number of benzene rings is 7. The van der Waals surface area contributed by atoms with E-state index in [2.05, 4.69) is 34.0 Å². The fourth-order valence-corrected chi connectivity index (χ4v) is 8.10. The third-order valence-electron chi connectivity index (χ3n) is 10.9. The van der Waals surface area contributed by atoms with Gasteiger partial charge in [-0.05, 0) is 72.8 Å². The van der Waals surface area contributed by atoms with Crippen LogP contribution >= 0.6 is 0 Å². The minimum atomic E-state index is 0.214. The van der Waals surface area contributed by atoms with Crippen molar-refractivity contribution in [1.82, 2.24) is 24.1 Å². The molecule has 7 aromatic carbocycles. The van der Waals surface area contributed by atoms with Crippen molar-refractivity contribution in [1.29, 1.82) is 21.0 Å². The maximum Gasteiger partial charge on any atom is 0.189 e. The largest absolute Gasteiger partial charge is 0.310 e. The first-order valence-electron chi connectivity index (χ1n) is 19.1. The molecule has 0 spiro atoms. The van der Waals surface area contributed by atoms with Crippen LogP contribution in [0.1, 0.15) is 22.3 Å². The average Bonchev–Trinajstić information content (AvgIpc) is 3.84. The molecule has 0 saturated heterocycles. The lowest BCUT2D eigenvalue weighted by atomic mass is 10.1. The molecule has 10 rings (SSSR count). The maximum absolute atomic E-state index is 10.3. The minimum Gasteiger partial charge on any atom is -0.310 e. The molecule has 3 heterocycles. The SMILES string of the molecule is [C-]#[N+]c1ccc2c3ccc(C#N)cc3n(-c3ccc(C#N)cc3-c3nc(-c4ccccc4)nc(-c4cc(C#N)ccc4-n4c5cc(C#N)ccc5c5ccc([N+]#[C-])cc54)n3)c2c1. The van der Waals surface area contributed by atoms with Crippen LogP contribution in [0, 0.1) is 58.5 Å². The highest BCUT2D eigenvalue weighted by Gasteiger charge is 2.24. The molecule has 0 amide bonds. The summed E-state index contributed by atoms with van der Waals surface area (Å²) in [4.78, 5) is 22.7. The van der Waals surface area contributed by atoms with E-state index in [4.69, 9.17) is 28.1 Å². The summed E-state index contributed by atoms with van der Waals surface area (Å²) >= 11 is 0. The molecule has 62 heavy (non-hydrogen) atoms. The molecule has 0 aliphatic carbocycles. The van der Waals surface area contributed by atoms with Gasteiger partial charge >= 0.3 is 0 Å². The van der Waals surface area contributed by atoms with E-state index in [1.165, 1.54) is 0 Å². The van der Waals surface area contributed by atoms with Gasteiger partial charge in [0.15, 0.2) is 28.8 Å². The van der Waals surface area contributed by atoms with Gasteiger partial charge in [-0.1, -0.05) is 66.7 Å². The maximum atomic E-state index is 10.3. The first kappa shape index (κ1) is 36.4. The van der Waals surface area contributed by atoms with E-state index in [0.29, 0.717) is 89.6 Å². The second-order valence-electron chi connectivity index (χ2n) is 14.3. The van der Waals surface area contributed by atoms with E-state index in [1.54, 1.807) is 72.8 Å². The standard InChI is InChI=1S/C51H23N11/c1-56-35-12-16-39-37-14-8-32(28-54)22-45(37)61(47(39)24-35)43-18-10-30(26-52)20-41(43)50-58-49(34-6-4-3-5-7-34)59-51(60-50)42-21-31(27-53)11-19-44(42)62-46-23-33(29-55)9-15-38(46)40-17-13-36(57-2)25-48(40)62/h3-25H. The van der Waals surface area contributed by atoms with Gasteiger partial charge in [-0.2, -0.15) is 21.0 Å². The Morgan fingerprint density at radius 3 is 1.19 bits per heavy atom. The van der Waals surface area contributed by atoms with Crippen molar-refractivity contribution in [3.8, 4) is 69.8 Å². The van der Waals surface area contributed by atoms with Crippen molar-refractivity contribution in [3.05, 3.63) is 185 Å². The summed E-state index contributed by atoms with van der Waals surface area (Å²) in [5.74, 6) is 0.749. The Kier molecular flexibility index (Phi) is 8.51. The molecular formula is C51H23N11. The molecule has 0 bridgehead atoms. The van der Waals surface area contributed by atoms with Crippen LogP contribution in [0.15, 0.2) is 140 Å². The number of fused-ring (bicyclic) bond motifs is 6. The molecule has 0 radical (unpaired) electrons. The molecule has 3 aromatic heterocycles. The van der Waals surface area contributed by atoms with E-state index in [9.17, 15) is 21.0 Å². The lowest BCUT2D eigenvalue weighted by molar-refractivity contribution is 1.06. The van der Waals surface area contributed by atoms with Crippen LogP contribution in [0.2, 0.25) is 0 Å². The van der Waals surface area contributed by atoms with Crippen molar-refractivity contribution in [2.24, 2.45) is 0 Å². The molecule has 0 saturated carbocycles. The summed E-state index contributed by atoms with van der Waals surface area (Å²) in [7, 11) is 0. The Labute approximate surface area is 353 Å². The predicted octanol–water partition coefficient (Wildman–Crippen LogP) is 11.7. The van der Waals surface area contributed by atoms with Gasteiger partial charge in [0.25, 0.3) is 0 Å². The van der Waals surface area contributed by atoms with Gasteiger partial charge in [-0.25, -0.2) is 24.6 Å². The van der Waals surface area contributed by atoms with Crippen LogP contribution in [0.25, 0.3) is 98.8 Å². The second kappa shape index (κ2) is 14.5. The Bertz CT molecular complexity index is 3460. The number of hydrogen-bond acceptors (Lipinski definition) is 7. The lowest BCUT2D eigenvalue weighted by Crippen LogP contribution is -2.06. The molecule has 0 aliphatic rings. The third kappa shape index (κ3) is 5.81. The second-order valence-corrected chi connectivity index (χ2v) is 14.3. The van der Waals surface area contributed by atoms with Crippen molar-refractivity contribution >= 4 is 55.0 Å². The Morgan fingerprint density at radius 1 is 0.403 bits per heavy atom. The van der Waals surface area contributed by atoms with Gasteiger partial charge in [0.05, 0.1) is 82.1 Å². The Hall–Kier alpha value is -9.91. The van der Waals surface area contributed by atoms with Crippen LogP contribution in [0.4, 0.5) is 11.4 Å². The van der Waals surface area contributed by atoms with Crippen molar-refractivity contribution in [3.63, 3.8) is 0 Å². The summed E-state index contributed by atoms with van der Waals surface area (Å²) in [6, 6.07) is 50.7. The smallest absolute Gasteiger partial charge is 0.189 e. The molecule has 0 fully saturated rings. The van der Waals surface area contributed by atoms with E-state index in [0.717, 1.165) is 21.5 Å². The highest BCUT2D eigenvalue weighted by Crippen LogP contribution is 2.41. The molecule has 0 atom stereocenters. The van der Waals surface area contributed by atoms with Crippen molar-refractivity contribution < 1.29 is 0 Å². The predicted molar refractivity (Wildman–Crippen MR) is 236 cm³/mol. The third-order valence-corrected chi connectivity index (χ3v) is 10.9. The summed E-state index contributed by atoms with van der Waals surface area (Å²) < 4.78 is 3.92. The van der Waals surface area contributed by atoms with Gasteiger partial charge in [0.1, 0.15) is 0 Å². The minimum absolute atomic E-state index is 0.214. The van der Waals surface area contributed by atoms with Crippen LogP contribution in [-0.4, -0.2) is 24.1 Å². The van der Waals surface area contributed by atoms with Crippen molar-refractivity contribution in [2.45, 2.75) is 0 Å². The quantitative estimate of drug-likeness (QED) is 0.157. The molecule has 10 aromatic rings. The first-order chi connectivity index (χ1) is 30.4. The summed E-state index contributed by atoms with van der Waals surface area (Å²) in [6.45, 7) is 15.6. The van der Waals surface area contributed by atoms with Gasteiger partial charge in [-0.3, -0.25) is 0 Å². The van der Waals surface area contributed by atoms with Crippen molar-refractivity contribution in [2.75, 3.05) is 0 Å². The summed E-state index contributed by atoms with van der Waals surface area (Å²) in [5.41, 5.74) is 8.02. The molecule has 0 aliphatic heterocycles. The fraction of sp³-hybridized carbons (Fsp3) is 0. The Morgan fingerprint density at radius 2 is 0.774 bits per heavy atom. The zero-order chi connectivity index (χ0) is 42.5. The van der Waals surface area contributed by atoms with Gasteiger partial charge < -0.3 is 9.13 Å². The fourth-order valence-electron chi connectivity index (χ4n) is 8.10. The van der Waals surface area contributed by atoms with E-state index in [-0.39, 0.29) is 11.6 Å². The van der Waals surface area contributed by atoms with Crippen LogP contribution in [0.3, 0.4) is 0 Å². The molecular weight excluding hydrogens is 767 g/mol. The topological polar surface area (TPSA) is 152 Å². The number of hydrogen-bond donors (Lipinski definition) is 0.